The number of hydrogen-bond donors (Lipinski definition) is 3. The predicted octanol–water partition coefficient (Wildman–Crippen LogP) is -0.257. The fraction of sp³-hybridized carbons (Fsp3) is 0.444. The topological polar surface area (TPSA) is 87.3 Å². The summed E-state index contributed by atoms with van der Waals surface area (Å²) in [6, 6.07) is -0.643. The lowest BCUT2D eigenvalue weighted by molar-refractivity contribution is -0.118. The lowest BCUT2D eigenvalue weighted by atomic mass is 10.3. The van der Waals surface area contributed by atoms with Crippen LogP contribution in [0.5, 0.6) is 0 Å². The molecule has 0 aromatic carbocycles. The highest BCUT2D eigenvalue weighted by molar-refractivity contribution is 6.28. The summed E-state index contributed by atoms with van der Waals surface area (Å²) >= 11 is 5.18. The number of halogens is 1. The number of carbonyl (C=O) groups is 3. The van der Waals surface area contributed by atoms with E-state index in [4.69, 9.17) is 11.6 Å². The molecule has 0 aliphatic heterocycles. The molecular formula is C9H14ClN3O3. The van der Waals surface area contributed by atoms with Gasteiger partial charge >= 0.3 is 6.03 Å². The van der Waals surface area contributed by atoms with E-state index in [9.17, 15) is 14.4 Å². The molecule has 0 aliphatic carbocycles. The van der Waals surface area contributed by atoms with E-state index in [1.54, 1.807) is 6.92 Å². The molecule has 0 aromatic rings. The van der Waals surface area contributed by atoms with Crippen LogP contribution in [0.25, 0.3) is 0 Å². The van der Waals surface area contributed by atoms with Crippen LogP contribution < -0.4 is 16.0 Å². The Balaban J connectivity index is 3.59. The van der Waals surface area contributed by atoms with E-state index in [0.717, 1.165) is 0 Å². The van der Waals surface area contributed by atoms with E-state index in [0.29, 0.717) is 5.57 Å². The van der Waals surface area contributed by atoms with Crippen molar-refractivity contribution in [3.05, 3.63) is 12.2 Å². The van der Waals surface area contributed by atoms with Gasteiger partial charge in [0.1, 0.15) is 5.88 Å². The van der Waals surface area contributed by atoms with Crippen LogP contribution in [0, 0.1) is 0 Å². The van der Waals surface area contributed by atoms with Crippen molar-refractivity contribution in [2.75, 3.05) is 19.0 Å². The molecule has 0 unspecified atom stereocenters. The van der Waals surface area contributed by atoms with E-state index in [-0.39, 0.29) is 24.9 Å². The highest BCUT2D eigenvalue weighted by atomic mass is 35.5. The van der Waals surface area contributed by atoms with Gasteiger partial charge in [0, 0.05) is 18.7 Å². The number of carbonyl (C=O) groups excluding carboxylic acids is 3. The minimum atomic E-state index is -0.643. The first-order valence-corrected chi connectivity index (χ1v) is 5.08. The Morgan fingerprint density at radius 1 is 1.19 bits per heavy atom. The fourth-order valence-electron chi connectivity index (χ4n) is 0.707. The lowest BCUT2D eigenvalue weighted by Gasteiger charge is -2.06. The Labute approximate surface area is 98.4 Å². The van der Waals surface area contributed by atoms with Gasteiger partial charge in [0.25, 0.3) is 0 Å². The molecule has 16 heavy (non-hydrogen) atoms. The van der Waals surface area contributed by atoms with Gasteiger partial charge in [-0.1, -0.05) is 6.58 Å². The molecule has 0 radical (unpaired) electrons. The summed E-state index contributed by atoms with van der Waals surface area (Å²) in [6.07, 6.45) is 0. The highest BCUT2D eigenvalue weighted by Crippen LogP contribution is 1.83. The van der Waals surface area contributed by atoms with Gasteiger partial charge in [0.15, 0.2) is 0 Å². The Hall–Kier alpha value is -1.56. The zero-order chi connectivity index (χ0) is 12.6. The Kier molecular flexibility index (Phi) is 6.95. The van der Waals surface area contributed by atoms with Gasteiger partial charge in [0.05, 0.1) is 0 Å². The molecule has 0 aliphatic rings. The van der Waals surface area contributed by atoms with Crippen molar-refractivity contribution < 1.29 is 14.4 Å². The van der Waals surface area contributed by atoms with Gasteiger partial charge in [-0.05, 0) is 6.92 Å². The van der Waals surface area contributed by atoms with Crippen LogP contribution in [0.2, 0.25) is 0 Å². The van der Waals surface area contributed by atoms with Crippen molar-refractivity contribution in [1.29, 1.82) is 0 Å². The maximum absolute atomic E-state index is 11.0. The summed E-state index contributed by atoms with van der Waals surface area (Å²) in [5.41, 5.74) is 0.391. The van der Waals surface area contributed by atoms with Crippen LogP contribution >= 0.6 is 11.6 Å². The minimum absolute atomic E-state index is 0.209. The molecule has 6 nitrogen and oxygen atoms in total. The first-order valence-electron chi connectivity index (χ1n) is 4.54. The number of urea groups is 1. The lowest BCUT2D eigenvalue weighted by Crippen LogP contribution is -2.43. The Morgan fingerprint density at radius 2 is 1.75 bits per heavy atom. The SMILES string of the molecule is C=C(C)C(=O)NCCNC(=O)NC(=O)CCl. The van der Waals surface area contributed by atoms with Gasteiger partial charge in [0.2, 0.25) is 11.8 Å². The van der Waals surface area contributed by atoms with Crippen molar-refractivity contribution >= 4 is 29.4 Å². The van der Waals surface area contributed by atoms with E-state index >= 15 is 0 Å². The van der Waals surface area contributed by atoms with Crippen molar-refractivity contribution in [2.24, 2.45) is 0 Å². The Bertz CT molecular complexity index is 304. The number of amides is 4. The maximum atomic E-state index is 11.0. The third-order valence-electron chi connectivity index (χ3n) is 1.46. The summed E-state index contributed by atoms with van der Waals surface area (Å²) in [7, 11) is 0. The molecule has 0 rings (SSSR count). The van der Waals surface area contributed by atoms with Crippen LogP contribution in [0.4, 0.5) is 4.79 Å². The molecule has 0 bridgehead atoms. The number of hydrogen-bond acceptors (Lipinski definition) is 3. The molecule has 3 N–H and O–H groups in total. The molecule has 0 atom stereocenters. The number of rotatable bonds is 5. The Morgan fingerprint density at radius 3 is 2.25 bits per heavy atom. The molecule has 0 aromatic heterocycles. The van der Waals surface area contributed by atoms with Gasteiger partial charge in [-0.25, -0.2) is 4.79 Å². The fourth-order valence-corrected chi connectivity index (χ4v) is 0.774. The summed E-state index contributed by atoms with van der Waals surface area (Å²) in [5, 5.41) is 6.87. The van der Waals surface area contributed by atoms with Crippen LogP contribution in [0.3, 0.4) is 0 Å². The van der Waals surface area contributed by atoms with Crippen molar-refractivity contribution in [3.8, 4) is 0 Å². The number of imide groups is 1. The smallest absolute Gasteiger partial charge is 0.321 e. The first-order chi connectivity index (χ1) is 7.47. The molecule has 0 spiro atoms. The third-order valence-corrected chi connectivity index (χ3v) is 1.70. The average molecular weight is 248 g/mol. The molecule has 0 saturated carbocycles. The predicted molar refractivity (Wildman–Crippen MR) is 60.1 cm³/mol. The summed E-state index contributed by atoms with van der Waals surface area (Å²) < 4.78 is 0. The average Bonchev–Trinajstić information content (AvgIpc) is 2.23. The largest absolute Gasteiger partial charge is 0.351 e. The maximum Gasteiger partial charge on any atom is 0.321 e. The molecule has 0 fully saturated rings. The highest BCUT2D eigenvalue weighted by Gasteiger charge is 2.05. The van der Waals surface area contributed by atoms with Crippen molar-refractivity contribution in [1.82, 2.24) is 16.0 Å². The normalized spacial score (nSPS) is 9.12. The van der Waals surface area contributed by atoms with Crippen LogP contribution in [-0.2, 0) is 9.59 Å². The second-order valence-corrected chi connectivity index (χ2v) is 3.24. The molecular weight excluding hydrogens is 234 g/mol. The molecule has 7 heteroatoms. The number of nitrogens with one attached hydrogen (secondary N) is 3. The van der Waals surface area contributed by atoms with Crippen molar-refractivity contribution in [2.45, 2.75) is 6.92 Å². The van der Waals surface area contributed by atoms with E-state index in [2.05, 4.69) is 17.2 Å². The molecule has 0 heterocycles. The number of alkyl halides is 1. The summed E-state index contributed by atoms with van der Waals surface area (Å²) in [6.45, 7) is 5.49. The van der Waals surface area contributed by atoms with Crippen molar-refractivity contribution in [3.63, 3.8) is 0 Å². The molecule has 0 saturated heterocycles. The van der Waals surface area contributed by atoms with Crippen LogP contribution in [0.15, 0.2) is 12.2 Å². The zero-order valence-electron chi connectivity index (χ0n) is 8.93. The first kappa shape index (κ1) is 14.4. The van der Waals surface area contributed by atoms with E-state index in [1.807, 2.05) is 5.32 Å². The summed E-state index contributed by atoms with van der Waals surface area (Å²) in [5.74, 6) is -1.14. The summed E-state index contributed by atoms with van der Waals surface area (Å²) in [4.78, 5) is 32.6. The van der Waals surface area contributed by atoms with Gasteiger partial charge in [-0.3, -0.25) is 14.9 Å². The van der Waals surface area contributed by atoms with E-state index in [1.165, 1.54) is 0 Å². The van der Waals surface area contributed by atoms with Gasteiger partial charge in [-0.15, -0.1) is 11.6 Å². The third kappa shape index (κ3) is 6.83. The van der Waals surface area contributed by atoms with Crippen LogP contribution in [0.1, 0.15) is 6.92 Å². The standard InChI is InChI=1S/C9H14ClN3O3/c1-6(2)8(15)11-3-4-12-9(16)13-7(14)5-10/h1,3-5H2,2H3,(H,11,15)(H2,12,13,14,16). The quantitative estimate of drug-likeness (QED) is 0.355. The molecule has 4 amide bonds. The van der Waals surface area contributed by atoms with Crippen LogP contribution in [-0.4, -0.2) is 36.8 Å². The van der Waals surface area contributed by atoms with Gasteiger partial charge < -0.3 is 10.6 Å². The minimum Gasteiger partial charge on any atom is -0.351 e. The van der Waals surface area contributed by atoms with Gasteiger partial charge in [-0.2, -0.15) is 0 Å². The monoisotopic (exact) mass is 247 g/mol. The second kappa shape index (κ2) is 7.70. The zero-order valence-corrected chi connectivity index (χ0v) is 9.69. The second-order valence-electron chi connectivity index (χ2n) is 2.97. The van der Waals surface area contributed by atoms with E-state index < -0.39 is 11.9 Å². The molecule has 90 valence electrons.